The number of fused-ring (bicyclic) bond motifs is 1. The van der Waals surface area contributed by atoms with Crippen molar-refractivity contribution in [2.45, 2.75) is 37.2 Å². The molecule has 2 aliphatic heterocycles. The van der Waals surface area contributed by atoms with Gasteiger partial charge in [0, 0.05) is 0 Å². The molecule has 0 radical (unpaired) electrons. The third-order valence-corrected chi connectivity index (χ3v) is 4.88. The van der Waals surface area contributed by atoms with Crippen LogP contribution in [0.2, 0.25) is 0 Å². The number of rotatable bonds is 4. The van der Waals surface area contributed by atoms with Crippen molar-refractivity contribution in [1.29, 1.82) is 0 Å². The van der Waals surface area contributed by atoms with Gasteiger partial charge in [-0.3, -0.25) is 14.5 Å². The number of carbonyl (C=O) groups is 2. The van der Waals surface area contributed by atoms with Gasteiger partial charge in [0.1, 0.15) is 30.1 Å². The maximum absolute atomic E-state index is 12.4. The molecule has 2 aromatic rings. The minimum atomic E-state index is -1.56. The molecule has 1 aromatic heterocycles. The van der Waals surface area contributed by atoms with E-state index >= 15 is 0 Å². The fraction of sp³-hybridized carbons (Fsp3) is 0.412. The third-order valence-electron chi connectivity index (χ3n) is 4.88. The molecule has 28 heavy (non-hydrogen) atoms. The third kappa shape index (κ3) is 2.89. The molecule has 0 saturated carbocycles. The first-order valence-electron chi connectivity index (χ1n) is 8.59. The molecule has 11 nitrogen and oxygen atoms in total. The van der Waals surface area contributed by atoms with Crippen molar-refractivity contribution >= 4 is 11.8 Å². The lowest BCUT2D eigenvalue weighted by molar-refractivity contribution is -0.254. The highest BCUT2D eigenvalue weighted by atomic mass is 16.6. The minimum Gasteiger partial charge on any atom is -0.394 e. The van der Waals surface area contributed by atoms with E-state index in [9.17, 15) is 30.0 Å². The average Bonchev–Trinajstić information content (AvgIpc) is 3.26. The van der Waals surface area contributed by atoms with Crippen molar-refractivity contribution in [3.63, 3.8) is 0 Å². The molecule has 4 N–H and O–H groups in total. The lowest BCUT2D eigenvalue weighted by Crippen LogP contribution is -2.56. The molecule has 0 unspecified atom stereocenters. The van der Waals surface area contributed by atoms with Crippen LogP contribution >= 0.6 is 0 Å². The summed E-state index contributed by atoms with van der Waals surface area (Å²) in [5, 5.41) is 46.8. The Bertz CT molecular complexity index is 879. The Hall–Kier alpha value is -2.70. The second-order valence-electron chi connectivity index (χ2n) is 6.65. The number of aromatic nitrogens is 3. The average molecular weight is 390 g/mol. The predicted octanol–water partition coefficient (Wildman–Crippen LogP) is -1.95. The van der Waals surface area contributed by atoms with Gasteiger partial charge in [0.15, 0.2) is 6.23 Å². The van der Waals surface area contributed by atoms with Crippen LogP contribution in [0.4, 0.5) is 0 Å². The molecule has 148 valence electrons. The van der Waals surface area contributed by atoms with Crippen molar-refractivity contribution in [1.82, 2.24) is 19.9 Å². The highest BCUT2D eigenvalue weighted by molar-refractivity contribution is 6.21. The molecule has 1 aromatic carbocycles. The molecule has 3 heterocycles. The summed E-state index contributed by atoms with van der Waals surface area (Å²) in [6, 6.07) is 6.48. The molecule has 0 bridgehead atoms. The molecule has 2 amide bonds. The Morgan fingerprint density at radius 3 is 2.25 bits per heavy atom. The molecule has 0 aliphatic carbocycles. The summed E-state index contributed by atoms with van der Waals surface area (Å²) in [7, 11) is 0. The Balaban J connectivity index is 1.53. The Labute approximate surface area is 158 Å². The molecule has 4 rings (SSSR count). The van der Waals surface area contributed by atoms with Gasteiger partial charge in [0.05, 0.1) is 30.5 Å². The van der Waals surface area contributed by atoms with Gasteiger partial charge >= 0.3 is 0 Å². The van der Waals surface area contributed by atoms with Crippen LogP contribution in [0.5, 0.6) is 0 Å². The van der Waals surface area contributed by atoms with Gasteiger partial charge in [-0.2, -0.15) is 0 Å². The van der Waals surface area contributed by atoms with E-state index in [1.807, 2.05) is 0 Å². The first-order valence-corrected chi connectivity index (χ1v) is 8.59. The summed E-state index contributed by atoms with van der Waals surface area (Å²) in [4.78, 5) is 25.9. The van der Waals surface area contributed by atoms with Crippen LogP contribution in [0.25, 0.3) is 0 Å². The highest BCUT2D eigenvalue weighted by Gasteiger charge is 2.45. The molecule has 5 atom stereocenters. The van der Waals surface area contributed by atoms with Crippen LogP contribution in [0.15, 0.2) is 30.5 Å². The fourth-order valence-electron chi connectivity index (χ4n) is 3.36. The minimum absolute atomic E-state index is 0.135. The molecule has 1 fully saturated rings. The first-order chi connectivity index (χ1) is 13.4. The number of amides is 2. The number of carbonyl (C=O) groups excluding carboxylic acids is 2. The van der Waals surface area contributed by atoms with E-state index in [2.05, 4.69) is 10.3 Å². The predicted molar refractivity (Wildman–Crippen MR) is 89.7 cm³/mol. The van der Waals surface area contributed by atoms with Gasteiger partial charge in [0.2, 0.25) is 0 Å². The molecular formula is C17H18N4O7. The van der Waals surface area contributed by atoms with Gasteiger partial charge in [-0.1, -0.05) is 17.3 Å². The van der Waals surface area contributed by atoms with E-state index in [1.54, 1.807) is 24.3 Å². The number of hydrogen-bond donors (Lipinski definition) is 4. The smallest absolute Gasteiger partial charge is 0.261 e. The summed E-state index contributed by atoms with van der Waals surface area (Å²) in [6.07, 6.45) is -5.51. The topological polar surface area (TPSA) is 158 Å². The Kier molecular flexibility index (Phi) is 4.69. The summed E-state index contributed by atoms with van der Waals surface area (Å²) < 4.78 is 6.50. The molecular weight excluding hydrogens is 372 g/mol. The maximum atomic E-state index is 12.4. The summed E-state index contributed by atoms with van der Waals surface area (Å²) in [5.74, 6) is -0.883. The van der Waals surface area contributed by atoms with E-state index in [0.29, 0.717) is 11.1 Å². The van der Waals surface area contributed by atoms with Gasteiger partial charge in [-0.05, 0) is 12.1 Å². The van der Waals surface area contributed by atoms with E-state index in [1.165, 1.54) is 6.20 Å². The van der Waals surface area contributed by atoms with Crippen molar-refractivity contribution in [3.05, 3.63) is 47.3 Å². The summed E-state index contributed by atoms with van der Waals surface area (Å²) in [5.41, 5.74) is 0.883. The second-order valence-corrected chi connectivity index (χ2v) is 6.65. The second kappa shape index (κ2) is 7.04. The van der Waals surface area contributed by atoms with Crippen LogP contribution in [-0.2, 0) is 11.3 Å². The standard InChI is InChI=1S/C17H18N4O7/c22-7-11-12(23)13(24)14(25)17(28-11)21-6-8(18-19-21)5-20-15(26)9-3-1-2-4-10(9)16(20)27/h1-4,6,11-14,17,22-25H,5,7H2/t11-,12-,13+,14-,17-/m1/s1. The number of ether oxygens (including phenoxy) is 1. The van der Waals surface area contributed by atoms with E-state index in [0.717, 1.165) is 9.58 Å². The number of imide groups is 1. The summed E-state index contributed by atoms with van der Waals surface area (Å²) in [6.45, 7) is -0.707. The monoisotopic (exact) mass is 390 g/mol. The number of aliphatic hydroxyl groups excluding tert-OH is 4. The van der Waals surface area contributed by atoms with Crippen LogP contribution in [0.1, 0.15) is 32.6 Å². The van der Waals surface area contributed by atoms with Gasteiger partial charge in [-0.25, -0.2) is 4.68 Å². The van der Waals surface area contributed by atoms with E-state index in [4.69, 9.17) is 4.74 Å². The lowest BCUT2D eigenvalue weighted by Gasteiger charge is -2.39. The van der Waals surface area contributed by atoms with Crippen LogP contribution in [0.3, 0.4) is 0 Å². The zero-order valence-electron chi connectivity index (χ0n) is 14.5. The number of aliphatic hydroxyl groups is 4. The van der Waals surface area contributed by atoms with Gasteiger partial charge < -0.3 is 25.2 Å². The number of benzene rings is 1. The molecule has 11 heteroatoms. The fourth-order valence-corrected chi connectivity index (χ4v) is 3.36. The van der Waals surface area contributed by atoms with Crippen molar-refractivity contribution in [2.24, 2.45) is 0 Å². The van der Waals surface area contributed by atoms with E-state index in [-0.39, 0.29) is 12.2 Å². The Morgan fingerprint density at radius 1 is 1.00 bits per heavy atom. The van der Waals surface area contributed by atoms with Crippen LogP contribution < -0.4 is 0 Å². The van der Waals surface area contributed by atoms with Crippen molar-refractivity contribution in [3.8, 4) is 0 Å². The lowest BCUT2D eigenvalue weighted by atomic mass is 9.98. The normalized spacial score (nSPS) is 30.0. The Morgan fingerprint density at radius 2 is 1.64 bits per heavy atom. The van der Waals surface area contributed by atoms with Crippen LogP contribution in [0, 0.1) is 0 Å². The van der Waals surface area contributed by atoms with Gasteiger partial charge in [0.25, 0.3) is 11.8 Å². The summed E-state index contributed by atoms with van der Waals surface area (Å²) >= 11 is 0. The zero-order valence-corrected chi connectivity index (χ0v) is 14.5. The number of hydrogen-bond acceptors (Lipinski definition) is 9. The number of nitrogens with zero attached hydrogens (tertiary/aromatic N) is 4. The zero-order chi connectivity index (χ0) is 20.0. The largest absolute Gasteiger partial charge is 0.394 e. The highest BCUT2D eigenvalue weighted by Crippen LogP contribution is 2.28. The van der Waals surface area contributed by atoms with E-state index < -0.39 is 49.1 Å². The van der Waals surface area contributed by atoms with Crippen molar-refractivity contribution in [2.75, 3.05) is 6.61 Å². The quantitative estimate of drug-likeness (QED) is 0.435. The maximum Gasteiger partial charge on any atom is 0.261 e. The molecule has 1 saturated heterocycles. The first kappa shape index (κ1) is 18.7. The molecule has 0 spiro atoms. The van der Waals surface area contributed by atoms with Crippen molar-refractivity contribution < 1.29 is 34.8 Å². The van der Waals surface area contributed by atoms with Crippen LogP contribution in [-0.4, -0.2) is 83.2 Å². The SMILES string of the molecule is O=C1c2ccccc2C(=O)N1Cc1cn([C@@H]2O[C@H](CO)[C@@H](O)[C@H](O)[C@H]2O)nn1. The van der Waals surface area contributed by atoms with Gasteiger partial charge in [-0.15, -0.1) is 5.10 Å². The molecule has 2 aliphatic rings.